The van der Waals surface area contributed by atoms with E-state index in [1.807, 2.05) is 0 Å². The second-order valence-corrected chi connectivity index (χ2v) is 3.56. The fourth-order valence-electron chi connectivity index (χ4n) is 1.25. The summed E-state index contributed by atoms with van der Waals surface area (Å²) in [6, 6.07) is 5.94. The molecule has 96 valence electrons. The van der Waals surface area contributed by atoms with Gasteiger partial charge in [0, 0.05) is 24.4 Å². The third-order valence-electron chi connectivity index (χ3n) is 2.12. The maximum atomic E-state index is 10.4. The number of terminal acetylenes is 1. The molecule has 1 unspecified atom stereocenters. The molecule has 1 rings (SSSR count). The maximum Gasteiger partial charge on any atom is 0.269 e. The van der Waals surface area contributed by atoms with Crippen molar-refractivity contribution < 1.29 is 14.8 Å². The van der Waals surface area contributed by atoms with Gasteiger partial charge < -0.3 is 15.2 Å². The average molecular weight is 250 g/mol. The van der Waals surface area contributed by atoms with Gasteiger partial charge in [0.1, 0.15) is 6.61 Å². The predicted molar refractivity (Wildman–Crippen MR) is 67.2 cm³/mol. The number of nitro groups is 1. The van der Waals surface area contributed by atoms with Crippen molar-refractivity contribution in [2.24, 2.45) is 0 Å². The molecule has 1 atom stereocenters. The lowest BCUT2D eigenvalue weighted by atomic mass is 10.2. The Balaban J connectivity index is 2.35. The molecule has 2 N–H and O–H groups in total. The number of aliphatic hydroxyl groups excluding tert-OH is 1. The molecule has 0 amide bonds. The Labute approximate surface area is 105 Å². The second-order valence-electron chi connectivity index (χ2n) is 3.56. The lowest BCUT2D eigenvalue weighted by Crippen LogP contribution is -2.24. The van der Waals surface area contributed by atoms with Crippen molar-refractivity contribution in [3.63, 3.8) is 0 Å². The third-order valence-corrected chi connectivity index (χ3v) is 2.12. The van der Waals surface area contributed by atoms with Crippen LogP contribution in [0.3, 0.4) is 0 Å². The van der Waals surface area contributed by atoms with Crippen molar-refractivity contribution in [2.45, 2.75) is 6.10 Å². The Kier molecular flexibility index (Phi) is 5.64. The zero-order valence-corrected chi connectivity index (χ0v) is 9.70. The van der Waals surface area contributed by atoms with Gasteiger partial charge in [-0.1, -0.05) is 5.92 Å². The summed E-state index contributed by atoms with van der Waals surface area (Å²) in [6.45, 7) is 0.584. The van der Waals surface area contributed by atoms with Gasteiger partial charge in [0.05, 0.1) is 17.6 Å². The van der Waals surface area contributed by atoms with E-state index in [1.165, 1.54) is 12.1 Å². The molecule has 0 radical (unpaired) electrons. The summed E-state index contributed by atoms with van der Waals surface area (Å²) in [5.74, 6) is 2.30. The number of non-ortho nitro benzene ring substituents is 1. The van der Waals surface area contributed by atoms with E-state index in [4.69, 9.17) is 11.2 Å². The van der Waals surface area contributed by atoms with Crippen LogP contribution in [-0.2, 0) is 4.74 Å². The van der Waals surface area contributed by atoms with E-state index in [0.717, 1.165) is 0 Å². The van der Waals surface area contributed by atoms with Gasteiger partial charge >= 0.3 is 0 Å². The first-order valence-electron chi connectivity index (χ1n) is 5.31. The highest BCUT2D eigenvalue weighted by molar-refractivity contribution is 5.48. The summed E-state index contributed by atoms with van der Waals surface area (Å²) in [7, 11) is 0. The number of nitro benzene ring substituents is 1. The molecule has 0 aliphatic rings. The van der Waals surface area contributed by atoms with Crippen molar-refractivity contribution in [3.8, 4) is 12.3 Å². The summed E-state index contributed by atoms with van der Waals surface area (Å²) in [6.07, 6.45) is 4.30. The van der Waals surface area contributed by atoms with Gasteiger partial charge in [-0.05, 0) is 12.1 Å². The van der Waals surface area contributed by atoms with Gasteiger partial charge in [-0.2, -0.15) is 0 Å². The number of hydrogen-bond donors (Lipinski definition) is 2. The summed E-state index contributed by atoms with van der Waals surface area (Å²) >= 11 is 0. The Morgan fingerprint density at radius 2 is 2.17 bits per heavy atom. The molecular weight excluding hydrogens is 236 g/mol. The number of anilines is 1. The van der Waals surface area contributed by atoms with Crippen LogP contribution in [0.4, 0.5) is 11.4 Å². The molecule has 0 aliphatic heterocycles. The van der Waals surface area contributed by atoms with E-state index in [9.17, 15) is 15.2 Å². The summed E-state index contributed by atoms with van der Waals surface area (Å²) in [5, 5.41) is 22.9. The third kappa shape index (κ3) is 4.82. The Bertz CT molecular complexity index is 425. The van der Waals surface area contributed by atoms with Crippen LogP contribution in [0, 0.1) is 22.5 Å². The van der Waals surface area contributed by atoms with E-state index in [1.54, 1.807) is 12.1 Å². The van der Waals surface area contributed by atoms with E-state index >= 15 is 0 Å². The number of rotatable bonds is 7. The van der Waals surface area contributed by atoms with E-state index in [2.05, 4.69) is 11.2 Å². The summed E-state index contributed by atoms with van der Waals surface area (Å²) < 4.78 is 4.97. The van der Waals surface area contributed by atoms with Gasteiger partial charge in [0.15, 0.2) is 0 Å². The van der Waals surface area contributed by atoms with Crippen molar-refractivity contribution >= 4 is 11.4 Å². The van der Waals surface area contributed by atoms with Gasteiger partial charge in [0.25, 0.3) is 5.69 Å². The Morgan fingerprint density at radius 3 is 2.72 bits per heavy atom. The molecule has 0 spiro atoms. The minimum absolute atomic E-state index is 0.0263. The zero-order valence-electron chi connectivity index (χ0n) is 9.70. The molecule has 0 saturated heterocycles. The van der Waals surface area contributed by atoms with Crippen LogP contribution in [0.15, 0.2) is 24.3 Å². The molecule has 0 bridgehead atoms. The number of nitrogens with zero attached hydrogens (tertiary/aromatic N) is 1. The molecule has 0 heterocycles. The van der Waals surface area contributed by atoms with Crippen LogP contribution in [0.5, 0.6) is 0 Å². The number of ether oxygens (including phenoxy) is 1. The van der Waals surface area contributed by atoms with Crippen molar-refractivity contribution in [1.82, 2.24) is 0 Å². The maximum absolute atomic E-state index is 10.4. The van der Waals surface area contributed by atoms with Crippen LogP contribution in [0.2, 0.25) is 0 Å². The van der Waals surface area contributed by atoms with Gasteiger partial charge in [-0.3, -0.25) is 10.1 Å². The minimum Gasteiger partial charge on any atom is -0.389 e. The highest BCUT2D eigenvalue weighted by Gasteiger charge is 2.06. The smallest absolute Gasteiger partial charge is 0.269 e. The highest BCUT2D eigenvalue weighted by Crippen LogP contribution is 2.15. The molecule has 6 heteroatoms. The molecule has 1 aromatic carbocycles. The molecule has 0 saturated carbocycles. The molecule has 0 fully saturated rings. The second kappa shape index (κ2) is 7.27. The number of hydrogen-bond acceptors (Lipinski definition) is 5. The lowest BCUT2D eigenvalue weighted by molar-refractivity contribution is -0.384. The largest absolute Gasteiger partial charge is 0.389 e. The van der Waals surface area contributed by atoms with Crippen LogP contribution < -0.4 is 5.32 Å². The van der Waals surface area contributed by atoms with Gasteiger partial charge in [-0.15, -0.1) is 6.42 Å². The summed E-state index contributed by atoms with van der Waals surface area (Å²) in [5.41, 5.74) is 0.718. The van der Waals surface area contributed by atoms with E-state index in [0.29, 0.717) is 5.69 Å². The van der Waals surface area contributed by atoms with Crippen LogP contribution in [0.1, 0.15) is 0 Å². The predicted octanol–water partition coefficient (Wildman–Crippen LogP) is 1.02. The fourth-order valence-corrected chi connectivity index (χ4v) is 1.25. The Morgan fingerprint density at radius 1 is 1.50 bits per heavy atom. The molecule has 0 aliphatic carbocycles. The molecule has 0 aromatic heterocycles. The first kappa shape index (κ1) is 14.0. The van der Waals surface area contributed by atoms with E-state index < -0.39 is 11.0 Å². The van der Waals surface area contributed by atoms with Crippen molar-refractivity contribution in [3.05, 3.63) is 34.4 Å². The van der Waals surface area contributed by atoms with E-state index in [-0.39, 0.29) is 25.4 Å². The van der Waals surface area contributed by atoms with Gasteiger partial charge in [0.2, 0.25) is 0 Å². The first-order chi connectivity index (χ1) is 8.63. The Hall–Kier alpha value is -2.10. The van der Waals surface area contributed by atoms with Gasteiger partial charge in [-0.25, -0.2) is 0 Å². The molecular formula is C12H14N2O4. The monoisotopic (exact) mass is 250 g/mol. The van der Waals surface area contributed by atoms with Crippen LogP contribution >= 0.6 is 0 Å². The van der Waals surface area contributed by atoms with Crippen LogP contribution in [0.25, 0.3) is 0 Å². The SMILES string of the molecule is C#CCOCC(O)CNc1ccc([N+](=O)[O-])cc1. The molecule has 6 nitrogen and oxygen atoms in total. The van der Waals surface area contributed by atoms with Crippen molar-refractivity contribution in [1.29, 1.82) is 0 Å². The number of benzene rings is 1. The minimum atomic E-state index is -0.687. The topological polar surface area (TPSA) is 84.6 Å². The highest BCUT2D eigenvalue weighted by atomic mass is 16.6. The average Bonchev–Trinajstić information content (AvgIpc) is 2.37. The standard InChI is InChI=1S/C12H14N2O4/c1-2-7-18-9-12(15)8-13-10-3-5-11(6-4-10)14(16)17/h1,3-6,12-13,15H,7-9H2. The van der Waals surface area contributed by atoms with Crippen LogP contribution in [-0.4, -0.2) is 35.9 Å². The normalized spacial score (nSPS) is 11.6. The molecule has 1 aromatic rings. The fraction of sp³-hybridized carbons (Fsp3) is 0.333. The summed E-state index contributed by atoms with van der Waals surface area (Å²) in [4.78, 5) is 9.97. The zero-order chi connectivity index (χ0) is 13.4. The first-order valence-corrected chi connectivity index (χ1v) is 5.31. The lowest BCUT2D eigenvalue weighted by Gasteiger charge is -2.12. The number of nitrogens with one attached hydrogen (secondary N) is 1. The quantitative estimate of drug-likeness (QED) is 0.326. The number of aliphatic hydroxyl groups is 1. The van der Waals surface area contributed by atoms with Crippen molar-refractivity contribution in [2.75, 3.05) is 25.1 Å². The molecule has 18 heavy (non-hydrogen) atoms.